The zero-order valence-corrected chi connectivity index (χ0v) is 14.5. The number of hydrogen-bond donors (Lipinski definition) is 0. The summed E-state index contributed by atoms with van der Waals surface area (Å²) in [5.41, 5.74) is 0. The molecule has 2 amide bonds. The van der Waals surface area contributed by atoms with E-state index < -0.39 is 0 Å². The first kappa shape index (κ1) is 21.2. The average Bonchev–Trinajstić information content (AvgIpc) is 2.50. The predicted octanol–water partition coefficient (Wildman–Crippen LogP) is 3.17. The average molecular weight is 286 g/mol. The number of carbonyl (C=O) groups excluding carboxylic acids is 2. The van der Waals surface area contributed by atoms with E-state index in [4.69, 9.17) is 0 Å². The third-order valence-corrected chi connectivity index (χ3v) is 2.87. The number of nitrogens with zero attached hydrogens (tertiary/aromatic N) is 2. The number of hydrogen-bond acceptors (Lipinski definition) is 2. The van der Waals surface area contributed by atoms with Crippen molar-refractivity contribution in [2.75, 3.05) is 26.2 Å². The molecule has 0 aromatic heterocycles. The van der Waals surface area contributed by atoms with Crippen molar-refractivity contribution in [3.63, 3.8) is 0 Å². The first-order chi connectivity index (χ1) is 9.54. The molecule has 0 radical (unpaired) electrons. The van der Waals surface area contributed by atoms with E-state index in [0.717, 1.165) is 0 Å². The standard InChI is InChI=1S/C12H22N2O2.2C2H6/c1-4-11(15)13-5-7-14(8-6-13)12(16)9-10(2)3;2*1-2/h10H,4-9H2,1-3H3;2*1-2H3. The summed E-state index contributed by atoms with van der Waals surface area (Å²) in [4.78, 5) is 26.9. The van der Waals surface area contributed by atoms with Crippen molar-refractivity contribution in [2.24, 2.45) is 5.92 Å². The van der Waals surface area contributed by atoms with E-state index in [1.165, 1.54) is 0 Å². The molecule has 0 aromatic carbocycles. The molecule has 0 spiro atoms. The summed E-state index contributed by atoms with van der Waals surface area (Å²) in [5.74, 6) is 0.817. The maximum Gasteiger partial charge on any atom is 0.222 e. The number of piperazine rings is 1. The van der Waals surface area contributed by atoms with Crippen LogP contribution in [-0.2, 0) is 9.59 Å². The second-order valence-electron chi connectivity index (χ2n) is 4.71. The van der Waals surface area contributed by atoms with Gasteiger partial charge in [-0.2, -0.15) is 0 Å². The molecule has 0 saturated carbocycles. The quantitative estimate of drug-likeness (QED) is 0.799. The zero-order valence-electron chi connectivity index (χ0n) is 14.5. The summed E-state index contributed by atoms with van der Waals surface area (Å²) < 4.78 is 0. The van der Waals surface area contributed by atoms with Gasteiger partial charge in [0.15, 0.2) is 0 Å². The Bertz CT molecular complexity index is 257. The Morgan fingerprint density at radius 2 is 1.20 bits per heavy atom. The molecular weight excluding hydrogens is 252 g/mol. The number of rotatable bonds is 3. The van der Waals surface area contributed by atoms with E-state index in [9.17, 15) is 9.59 Å². The third-order valence-electron chi connectivity index (χ3n) is 2.87. The molecule has 0 atom stereocenters. The van der Waals surface area contributed by atoms with Gasteiger partial charge in [0.1, 0.15) is 0 Å². The van der Waals surface area contributed by atoms with Crippen LogP contribution in [0.1, 0.15) is 61.3 Å². The van der Waals surface area contributed by atoms with Gasteiger partial charge in [-0.15, -0.1) is 0 Å². The molecule has 1 fully saturated rings. The van der Waals surface area contributed by atoms with Gasteiger partial charge >= 0.3 is 0 Å². The molecule has 1 saturated heterocycles. The monoisotopic (exact) mass is 286 g/mol. The van der Waals surface area contributed by atoms with Crippen molar-refractivity contribution in [3.8, 4) is 0 Å². The molecule has 1 heterocycles. The smallest absolute Gasteiger partial charge is 0.222 e. The SMILES string of the molecule is CC.CC.CCC(=O)N1CCN(C(=O)CC(C)C)CC1. The highest BCUT2D eigenvalue weighted by Crippen LogP contribution is 2.08. The molecule has 1 aliphatic heterocycles. The summed E-state index contributed by atoms with van der Waals surface area (Å²) in [6.07, 6.45) is 1.17. The fraction of sp³-hybridized carbons (Fsp3) is 0.875. The van der Waals surface area contributed by atoms with Crippen LogP contribution in [-0.4, -0.2) is 47.8 Å². The molecule has 0 N–H and O–H groups in total. The van der Waals surface area contributed by atoms with Crippen molar-refractivity contribution >= 4 is 11.8 Å². The molecule has 0 unspecified atom stereocenters. The summed E-state index contributed by atoms with van der Waals surface area (Å²) in [6, 6.07) is 0. The Hall–Kier alpha value is -1.06. The molecule has 4 heteroatoms. The Kier molecular flexibility index (Phi) is 13.8. The van der Waals surface area contributed by atoms with Crippen LogP contribution in [0, 0.1) is 5.92 Å². The Morgan fingerprint density at radius 3 is 1.50 bits per heavy atom. The molecule has 120 valence electrons. The van der Waals surface area contributed by atoms with Gasteiger partial charge in [-0.3, -0.25) is 9.59 Å². The van der Waals surface area contributed by atoms with Gasteiger partial charge in [0.25, 0.3) is 0 Å². The third kappa shape index (κ3) is 8.18. The summed E-state index contributed by atoms with van der Waals surface area (Å²) >= 11 is 0. The summed E-state index contributed by atoms with van der Waals surface area (Å²) in [7, 11) is 0. The molecule has 4 nitrogen and oxygen atoms in total. The zero-order chi connectivity index (χ0) is 16.1. The fourth-order valence-corrected chi connectivity index (χ4v) is 1.91. The van der Waals surface area contributed by atoms with Gasteiger partial charge in [0.05, 0.1) is 0 Å². The topological polar surface area (TPSA) is 40.6 Å². The van der Waals surface area contributed by atoms with Crippen LogP contribution in [0.15, 0.2) is 0 Å². The molecule has 1 aliphatic rings. The van der Waals surface area contributed by atoms with E-state index in [1.807, 2.05) is 44.4 Å². The van der Waals surface area contributed by atoms with Gasteiger partial charge in [-0.1, -0.05) is 48.5 Å². The van der Waals surface area contributed by atoms with Gasteiger partial charge < -0.3 is 9.80 Å². The lowest BCUT2D eigenvalue weighted by molar-refractivity contribution is -0.139. The molecule has 0 aromatic rings. The lowest BCUT2D eigenvalue weighted by atomic mass is 10.1. The molecular formula is C16H34N2O2. The number of amides is 2. The molecule has 1 rings (SSSR count). The van der Waals surface area contributed by atoms with Gasteiger partial charge in [0, 0.05) is 39.0 Å². The minimum Gasteiger partial charge on any atom is -0.339 e. The van der Waals surface area contributed by atoms with Gasteiger partial charge in [0.2, 0.25) is 11.8 Å². The lowest BCUT2D eigenvalue weighted by Gasteiger charge is -2.35. The van der Waals surface area contributed by atoms with Gasteiger partial charge in [-0.25, -0.2) is 0 Å². The van der Waals surface area contributed by atoms with E-state index in [0.29, 0.717) is 44.9 Å². The van der Waals surface area contributed by atoms with Crippen LogP contribution in [0.3, 0.4) is 0 Å². The van der Waals surface area contributed by atoms with Crippen LogP contribution in [0.25, 0.3) is 0 Å². The lowest BCUT2D eigenvalue weighted by Crippen LogP contribution is -2.50. The summed E-state index contributed by atoms with van der Waals surface area (Å²) in [5, 5.41) is 0. The number of carbonyl (C=O) groups is 2. The van der Waals surface area contributed by atoms with Crippen LogP contribution >= 0.6 is 0 Å². The van der Waals surface area contributed by atoms with Crippen LogP contribution in [0.5, 0.6) is 0 Å². The molecule has 0 aliphatic carbocycles. The van der Waals surface area contributed by atoms with Crippen molar-refractivity contribution in [1.82, 2.24) is 9.80 Å². The second-order valence-corrected chi connectivity index (χ2v) is 4.71. The van der Waals surface area contributed by atoms with Crippen LogP contribution in [0.4, 0.5) is 0 Å². The normalized spacial score (nSPS) is 14.0. The van der Waals surface area contributed by atoms with Crippen LogP contribution < -0.4 is 0 Å². The predicted molar refractivity (Wildman–Crippen MR) is 85.6 cm³/mol. The minimum absolute atomic E-state index is 0.191. The first-order valence-electron chi connectivity index (χ1n) is 8.10. The molecule has 0 bridgehead atoms. The highest BCUT2D eigenvalue weighted by Gasteiger charge is 2.23. The van der Waals surface area contributed by atoms with Crippen molar-refractivity contribution in [1.29, 1.82) is 0 Å². The Morgan fingerprint density at radius 1 is 0.850 bits per heavy atom. The maximum absolute atomic E-state index is 11.8. The highest BCUT2D eigenvalue weighted by atomic mass is 16.2. The van der Waals surface area contributed by atoms with Crippen LogP contribution in [0.2, 0.25) is 0 Å². The first-order valence-corrected chi connectivity index (χ1v) is 8.10. The Labute approximate surface area is 125 Å². The van der Waals surface area contributed by atoms with Crippen molar-refractivity contribution in [2.45, 2.75) is 61.3 Å². The van der Waals surface area contributed by atoms with E-state index in [-0.39, 0.29) is 11.8 Å². The fourth-order valence-electron chi connectivity index (χ4n) is 1.91. The van der Waals surface area contributed by atoms with E-state index in [1.54, 1.807) is 0 Å². The molecule has 20 heavy (non-hydrogen) atoms. The van der Waals surface area contributed by atoms with Crippen molar-refractivity contribution < 1.29 is 9.59 Å². The highest BCUT2D eigenvalue weighted by molar-refractivity contribution is 5.78. The van der Waals surface area contributed by atoms with E-state index >= 15 is 0 Å². The Balaban J connectivity index is 0. The minimum atomic E-state index is 0.191. The van der Waals surface area contributed by atoms with Crippen molar-refractivity contribution in [3.05, 3.63) is 0 Å². The summed E-state index contributed by atoms with van der Waals surface area (Å²) in [6.45, 7) is 16.7. The largest absolute Gasteiger partial charge is 0.339 e. The van der Waals surface area contributed by atoms with Gasteiger partial charge in [-0.05, 0) is 5.92 Å². The maximum atomic E-state index is 11.8. The van der Waals surface area contributed by atoms with E-state index in [2.05, 4.69) is 13.8 Å². The second kappa shape index (κ2) is 12.9.